The summed E-state index contributed by atoms with van der Waals surface area (Å²) in [5.74, 6) is -0.449. The van der Waals surface area contributed by atoms with Gasteiger partial charge in [-0.05, 0) is 31.4 Å². The molecule has 2 aromatic rings. The van der Waals surface area contributed by atoms with Crippen molar-refractivity contribution in [3.63, 3.8) is 0 Å². The maximum absolute atomic E-state index is 14.9. The molecular formula is C16H18FN3OS. The molecule has 1 saturated heterocycles. The van der Waals surface area contributed by atoms with E-state index in [0.717, 1.165) is 33.8 Å². The standard InChI is InChI=1S/C16H18FN3OS/c1-10-3-2-4-12-13(10)19-15(22-12)20-8-7-16(17,9-20)14(21)18-11-5-6-11/h2-4,11H,5-9H2,1H3,(H,18,21). The maximum atomic E-state index is 14.9. The number of carbonyl (C=O) groups excluding carboxylic acids is 1. The van der Waals surface area contributed by atoms with Crippen LogP contribution >= 0.6 is 11.3 Å². The molecule has 2 aliphatic rings. The van der Waals surface area contributed by atoms with Crippen LogP contribution in [0.1, 0.15) is 24.8 Å². The van der Waals surface area contributed by atoms with Crippen molar-refractivity contribution in [3.8, 4) is 0 Å². The largest absolute Gasteiger partial charge is 0.351 e. The van der Waals surface area contributed by atoms with Crippen molar-refractivity contribution in [1.29, 1.82) is 0 Å². The molecule has 0 spiro atoms. The topological polar surface area (TPSA) is 45.2 Å². The number of nitrogens with one attached hydrogen (secondary N) is 1. The Labute approximate surface area is 132 Å². The van der Waals surface area contributed by atoms with Gasteiger partial charge in [0.05, 0.1) is 16.8 Å². The molecule has 0 radical (unpaired) electrons. The summed E-state index contributed by atoms with van der Waals surface area (Å²) < 4.78 is 16.0. The molecule has 4 rings (SSSR count). The summed E-state index contributed by atoms with van der Waals surface area (Å²) in [6, 6.07) is 6.26. The van der Waals surface area contributed by atoms with Gasteiger partial charge in [-0.1, -0.05) is 23.5 Å². The van der Waals surface area contributed by atoms with Gasteiger partial charge >= 0.3 is 0 Å². The van der Waals surface area contributed by atoms with Crippen molar-refractivity contribution in [2.45, 2.75) is 37.9 Å². The van der Waals surface area contributed by atoms with Gasteiger partial charge in [-0.2, -0.15) is 0 Å². The zero-order chi connectivity index (χ0) is 15.3. The van der Waals surface area contributed by atoms with E-state index in [4.69, 9.17) is 0 Å². The molecular weight excluding hydrogens is 301 g/mol. The van der Waals surface area contributed by atoms with Crippen LogP contribution in [0.15, 0.2) is 18.2 Å². The van der Waals surface area contributed by atoms with Crippen LogP contribution in [0.5, 0.6) is 0 Å². The van der Waals surface area contributed by atoms with Crippen molar-refractivity contribution < 1.29 is 9.18 Å². The number of fused-ring (bicyclic) bond motifs is 1. The molecule has 22 heavy (non-hydrogen) atoms. The molecule has 1 aromatic carbocycles. The zero-order valence-corrected chi connectivity index (χ0v) is 13.3. The van der Waals surface area contributed by atoms with E-state index in [2.05, 4.69) is 10.3 Å². The zero-order valence-electron chi connectivity index (χ0n) is 12.4. The molecule has 6 heteroatoms. The molecule has 2 fully saturated rings. The van der Waals surface area contributed by atoms with Crippen molar-refractivity contribution in [2.75, 3.05) is 18.0 Å². The minimum atomic E-state index is -1.78. The van der Waals surface area contributed by atoms with Crippen LogP contribution in [0.25, 0.3) is 10.2 Å². The third-order valence-corrected chi connectivity index (χ3v) is 5.50. The van der Waals surface area contributed by atoms with Crippen molar-refractivity contribution in [1.82, 2.24) is 10.3 Å². The number of aromatic nitrogens is 1. The average molecular weight is 319 g/mol. The summed E-state index contributed by atoms with van der Waals surface area (Å²) in [5, 5.41) is 3.59. The summed E-state index contributed by atoms with van der Waals surface area (Å²) in [7, 11) is 0. The van der Waals surface area contributed by atoms with Gasteiger partial charge < -0.3 is 10.2 Å². The smallest absolute Gasteiger partial charge is 0.259 e. The third kappa shape index (κ3) is 2.35. The first-order chi connectivity index (χ1) is 10.5. The van der Waals surface area contributed by atoms with Crippen LogP contribution in [0.4, 0.5) is 9.52 Å². The van der Waals surface area contributed by atoms with Gasteiger partial charge in [-0.15, -0.1) is 0 Å². The minimum Gasteiger partial charge on any atom is -0.351 e. The first kappa shape index (κ1) is 13.9. The van der Waals surface area contributed by atoms with Gasteiger partial charge in [0.1, 0.15) is 0 Å². The number of halogens is 1. The molecule has 1 atom stereocenters. The van der Waals surface area contributed by atoms with Gasteiger partial charge in [-0.3, -0.25) is 4.79 Å². The summed E-state index contributed by atoms with van der Waals surface area (Å²) in [4.78, 5) is 18.6. The van der Waals surface area contributed by atoms with Crippen molar-refractivity contribution in [3.05, 3.63) is 23.8 Å². The quantitative estimate of drug-likeness (QED) is 0.946. The normalized spacial score (nSPS) is 24.9. The Morgan fingerprint density at radius 2 is 2.32 bits per heavy atom. The Bertz CT molecular complexity index is 742. The molecule has 1 aromatic heterocycles. The average Bonchev–Trinajstić information content (AvgIpc) is 3.04. The van der Waals surface area contributed by atoms with E-state index >= 15 is 0 Å². The molecule has 1 aliphatic carbocycles. The third-order valence-electron chi connectivity index (χ3n) is 4.42. The number of aryl methyl sites for hydroxylation is 1. The molecule has 116 valence electrons. The monoisotopic (exact) mass is 319 g/mol. The second-order valence-corrected chi connectivity index (χ2v) is 7.31. The Hall–Kier alpha value is -1.69. The molecule has 0 bridgehead atoms. The molecule has 1 aliphatic heterocycles. The number of anilines is 1. The Balaban J connectivity index is 1.55. The van der Waals surface area contributed by atoms with E-state index in [1.807, 2.05) is 30.0 Å². The Kier molecular flexibility index (Phi) is 3.11. The fourth-order valence-electron chi connectivity index (χ4n) is 2.87. The van der Waals surface area contributed by atoms with Gasteiger partial charge in [0.15, 0.2) is 5.13 Å². The lowest BCUT2D eigenvalue weighted by Crippen LogP contribution is -2.46. The molecule has 2 heterocycles. The van der Waals surface area contributed by atoms with Crippen molar-refractivity contribution in [2.24, 2.45) is 0 Å². The first-order valence-corrected chi connectivity index (χ1v) is 8.48. The number of hydrogen-bond acceptors (Lipinski definition) is 4. The predicted molar refractivity (Wildman–Crippen MR) is 86.2 cm³/mol. The number of alkyl halides is 1. The second-order valence-electron chi connectivity index (χ2n) is 6.30. The lowest BCUT2D eigenvalue weighted by Gasteiger charge is -2.19. The highest BCUT2D eigenvalue weighted by atomic mass is 32.1. The van der Waals surface area contributed by atoms with E-state index in [1.54, 1.807) is 11.3 Å². The van der Waals surface area contributed by atoms with Crippen LogP contribution in [-0.2, 0) is 4.79 Å². The number of para-hydroxylation sites is 1. The number of hydrogen-bond donors (Lipinski definition) is 1. The van der Waals surface area contributed by atoms with Crippen LogP contribution in [0.3, 0.4) is 0 Å². The van der Waals surface area contributed by atoms with Crippen LogP contribution < -0.4 is 10.2 Å². The summed E-state index contributed by atoms with van der Waals surface area (Å²) >= 11 is 1.56. The van der Waals surface area contributed by atoms with E-state index in [9.17, 15) is 9.18 Å². The first-order valence-electron chi connectivity index (χ1n) is 7.66. The predicted octanol–water partition coefficient (Wildman–Crippen LogP) is 2.80. The van der Waals surface area contributed by atoms with Gasteiger partial charge in [0.25, 0.3) is 5.91 Å². The van der Waals surface area contributed by atoms with E-state index < -0.39 is 11.6 Å². The second kappa shape index (κ2) is 4.91. The fourth-order valence-corrected chi connectivity index (χ4v) is 3.94. The van der Waals surface area contributed by atoms with Gasteiger partial charge in [0.2, 0.25) is 5.67 Å². The Morgan fingerprint density at radius 3 is 3.05 bits per heavy atom. The molecule has 1 unspecified atom stereocenters. The number of nitrogens with zero attached hydrogens (tertiary/aromatic N) is 2. The van der Waals surface area contributed by atoms with Gasteiger partial charge in [0, 0.05) is 19.0 Å². The molecule has 1 amide bonds. The summed E-state index contributed by atoms with van der Waals surface area (Å²) in [6.45, 7) is 2.66. The minimum absolute atomic E-state index is 0.102. The number of benzene rings is 1. The van der Waals surface area contributed by atoms with Gasteiger partial charge in [-0.25, -0.2) is 9.37 Å². The Morgan fingerprint density at radius 1 is 1.50 bits per heavy atom. The molecule has 4 nitrogen and oxygen atoms in total. The summed E-state index contributed by atoms with van der Waals surface area (Å²) in [5.41, 5.74) is 0.314. The highest BCUT2D eigenvalue weighted by Crippen LogP contribution is 2.36. The number of thiazole rings is 1. The summed E-state index contributed by atoms with van der Waals surface area (Å²) in [6.07, 6.45) is 2.19. The SMILES string of the molecule is Cc1cccc2sc(N3CCC(F)(C(=O)NC4CC4)C3)nc12. The lowest BCUT2D eigenvalue weighted by molar-refractivity contribution is -0.131. The van der Waals surface area contributed by atoms with Crippen LogP contribution in [0, 0.1) is 6.92 Å². The van der Waals surface area contributed by atoms with Crippen LogP contribution in [0.2, 0.25) is 0 Å². The highest BCUT2D eigenvalue weighted by Gasteiger charge is 2.47. The van der Waals surface area contributed by atoms with E-state index in [-0.39, 0.29) is 19.0 Å². The number of amides is 1. The lowest BCUT2D eigenvalue weighted by atomic mass is 10.1. The molecule has 1 N–H and O–H groups in total. The van der Waals surface area contributed by atoms with Crippen LogP contribution in [-0.4, -0.2) is 35.7 Å². The highest BCUT2D eigenvalue weighted by molar-refractivity contribution is 7.22. The molecule has 1 saturated carbocycles. The fraction of sp³-hybridized carbons (Fsp3) is 0.500. The van der Waals surface area contributed by atoms with Crippen molar-refractivity contribution >= 4 is 32.6 Å². The number of carbonyl (C=O) groups is 1. The maximum Gasteiger partial charge on any atom is 0.259 e. The van der Waals surface area contributed by atoms with E-state index in [0.29, 0.717) is 6.54 Å². The van der Waals surface area contributed by atoms with E-state index in [1.165, 1.54) is 0 Å². The number of rotatable bonds is 3.